The molecule has 0 aliphatic carbocycles. The van der Waals surface area contributed by atoms with E-state index in [0.29, 0.717) is 12.2 Å². The molecule has 0 heterocycles. The van der Waals surface area contributed by atoms with Crippen LogP contribution in [0.4, 0.5) is 4.39 Å². The first kappa shape index (κ1) is 11.7. The number of rotatable bonds is 5. The number of halogens is 1. The van der Waals surface area contributed by atoms with Gasteiger partial charge in [0.05, 0.1) is 12.7 Å². The summed E-state index contributed by atoms with van der Waals surface area (Å²) in [5.41, 5.74) is 0.228. The molecular weight excluding hydrogens is 199 g/mol. The molecule has 1 N–H and O–H groups in total. The van der Waals surface area contributed by atoms with Crippen molar-refractivity contribution in [2.45, 2.75) is 12.8 Å². The fourth-order valence-corrected chi connectivity index (χ4v) is 1.27. The number of aliphatic hydroxyl groups excluding tert-OH is 1. The molecule has 3 nitrogen and oxygen atoms in total. The van der Waals surface area contributed by atoms with E-state index in [4.69, 9.17) is 9.84 Å². The summed E-state index contributed by atoms with van der Waals surface area (Å²) in [6, 6.07) is 3.81. The monoisotopic (exact) mass is 212 g/mol. The molecule has 0 aliphatic rings. The highest BCUT2D eigenvalue weighted by Gasteiger charge is 2.12. The van der Waals surface area contributed by atoms with Gasteiger partial charge in [-0.15, -0.1) is 0 Å². The molecule has 0 unspecified atom stereocenters. The molecule has 1 rings (SSSR count). The number of hydrogen-bond acceptors (Lipinski definition) is 3. The van der Waals surface area contributed by atoms with Gasteiger partial charge in [-0.3, -0.25) is 4.79 Å². The number of benzene rings is 1. The van der Waals surface area contributed by atoms with Crippen molar-refractivity contribution < 1.29 is 19.0 Å². The van der Waals surface area contributed by atoms with Crippen molar-refractivity contribution in [1.29, 1.82) is 0 Å². The van der Waals surface area contributed by atoms with Crippen LogP contribution in [0.2, 0.25) is 0 Å². The van der Waals surface area contributed by atoms with Crippen LogP contribution in [-0.4, -0.2) is 24.6 Å². The van der Waals surface area contributed by atoms with E-state index >= 15 is 0 Å². The van der Waals surface area contributed by atoms with Crippen molar-refractivity contribution in [2.24, 2.45) is 0 Å². The minimum Gasteiger partial charge on any atom is -0.496 e. The molecule has 1 aromatic carbocycles. The highest BCUT2D eigenvalue weighted by molar-refractivity contribution is 5.98. The topological polar surface area (TPSA) is 46.5 Å². The van der Waals surface area contributed by atoms with Gasteiger partial charge in [-0.1, -0.05) is 0 Å². The molecule has 0 saturated heterocycles. The van der Waals surface area contributed by atoms with Crippen LogP contribution in [0.5, 0.6) is 5.75 Å². The van der Waals surface area contributed by atoms with Gasteiger partial charge >= 0.3 is 0 Å². The Morgan fingerprint density at radius 1 is 1.53 bits per heavy atom. The lowest BCUT2D eigenvalue weighted by Crippen LogP contribution is -2.03. The normalized spacial score (nSPS) is 10.1. The lowest BCUT2D eigenvalue weighted by molar-refractivity contribution is 0.0968. The lowest BCUT2D eigenvalue weighted by Gasteiger charge is -2.06. The summed E-state index contributed by atoms with van der Waals surface area (Å²) < 4.78 is 17.9. The van der Waals surface area contributed by atoms with E-state index in [1.165, 1.54) is 19.2 Å². The Kier molecular flexibility index (Phi) is 4.24. The summed E-state index contributed by atoms with van der Waals surface area (Å²) in [5.74, 6) is -0.331. The molecule has 0 aliphatic heterocycles. The first-order chi connectivity index (χ1) is 7.19. The summed E-state index contributed by atoms with van der Waals surface area (Å²) >= 11 is 0. The summed E-state index contributed by atoms with van der Waals surface area (Å²) in [5, 5.41) is 8.59. The number of ether oxygens (including phenoxy) is 1. The molecule has 0 aromatic heterocycles. The number of carbonyl (C=O) groups is 1. The van der Waals surface area contributed by atoms with E-state index in [1.807, 2.05) is 0 Å². The summed E-state index contributed by atoms with van der Waals surface area (Å²) in [6.45, 7) is -0.0522. The number of methoxy groups -OCH3 is 1. The predicted octanol–water partition coefficient (Wildman–Crippen LogP) is 1.79. The maximum Gasteiger partial charge on any atom is 0.166 e. The highest BCUT2D eigenvalue weighted by atomic mass is 19.1. The Hall–Kier alpha value is -1.42. The van der Waals surface area contributed by atoms with Crippen LogP contribution in [-0.2, 0) is 0 Å². The summed E-state index contributed by atoms with van der Waals surface area (Å²) in [6.07, 6.45) is 0.564. The van der Waals surface area contributed by atoms with Crippen LogP contribution in [0.25, 0.3) is 0 Å². The van der Waals surface area contributed by atoms with E-state index in [2.05, 4.69) is 0 Å². The Balaban J connectivity index is 2.90. The van der Waals surface area contributed by atoms with Crippen LogP contribution in [0.15, 0.2) is 18.2 Å². The molecule has 1 aromatic rings. The van der Waals surface area contributed by atoms with Gasteiger partial charge in [-0.05, 0) is 24.6 Å². The standard InChI is InChI=1S/C11H13FO3/c1-15-11-5-4-8(12)7-9(11)10(14)3-2-6-13/h4-5,7,13H,2-3,6H2,1H3. The maximum atomic E-state index is 12.9. The second-order valence-electron chi connectivity index (χ2n) is 3.09. The maximum absolute atomic E-state index is 12.9. The average molecular weight is 212 g/mol. The molecule has 4 heteroatoms. The zero-order valence-corrected chi connectivity index (χ0v) is 8.50. The first-order valence-corrected chi connectivity index (χ1v) is 4.66. The van der Waals surface area contributed by atoms with Crippen LogP contribution >= 0.6 is 0 Å². The Morgan fingerprint density at radius 2 is 2.27 bits per heavy atom. The van der Waals surface area contributed by atoms with Gasteiger partial charge in [0.15, 0.2) is 5.78 Å². The zero-order valence-electron chi connectivity index (χ0n) is 8.50. The van der Waals surface area contributed by atoms with E-state index < -0.39 is 5.82 Å². The number of aliphatic hydroxyl groups is 1. The minimum absolute atomic E-state index is 0.0522. The van der Waals surface area contributed by atoms with Crippen LogP contribution in [0.3, 0.4) is 0 Å². The van der Waals surface area contributed by atoms with E-state index in [1.54, 1.807) is 0 Å². The number of Topliss-reactive ketones (excluding diaryl/α,β-unsaturated/α-hetero) is 1. The lowest BCUT2D eigenvalue weighted by atomic mass is 10.1. The Labute approximate surface area is 87.5 Å². The van der Waals surface area contributed by atoms with Gasteiger partial charge in [0, 0.05) is 13.0 Å². The largest absolute Gasteiger partial charge is 0.496 e. The van der Waals surface area contributed by atoms with Crippen LogP contribution in [0, 0.1) is 5.82 Å². The molecule has 15 heavy (non-hydrogen) atoms. The molecular formula is C11H13FO3. The van der Waals surface area contributed by atoms with Crippen molar-refractivity contribution in [3.05, 3.63) is 29.6 Å². The molecule has 82 valence electrons. The van der Waals surface area contributed by atoms with Crippen molar-refractivity contribution >= 4 is 5.78 Å². The fraction of sp³-hybridized carbons (Fsp3) is 0.364. The number of carbonyl (C=O) groups excluding carboxylic acids is 1. The molecule has 0 amide bonds. The third-order valence-electron chi connectivity index (χ3n) is 2.02. The highest BCUT2D eigenvalue weighted by Crippen LogP contribution is 2.21. The predicted molar refractivity (Wildman–Crippen MR) is 53.6 cm³/mol. The summed E-state index contributed by atoms with van der Waals surface area (Å²) in [4.78, 5) is 11.6. The molecule has 0 atom stereocenters. The molecule has 0 saturated carbocycles. The third-order valence-corrected chi connectivity index (χ3v) is 2.02. The molecule has 0 radical (unpaired) electrons. The smallest absolute Gasteiger partial charge is 0.166 e. The molecule has 0 fully saturated rings. The van der Waals surface area contributed by atoms with Gasteiger partial charge in [-0.2, -0.15) is 0 Å². The second kappa shape index (κ2) is 5.46. The fourth-order valence-electron chi connectivity index (χ4n) is 1.27. The van der Waals surface area contributed by atoms with Gasteiger partial charge in [0.2, 0.25) is 0 Å². The van der Waals surface area contributed by atoms with Gasteiger partial charge in [0.25, 0.3) is 0 Å². The Bertz CT molecular complexity index is 350. The van der Waals surface area contributed by atoms with E-state index in [9.17, 15) is 9.18 Å². The van der Waals surface area contributed by atoms with Crippen LogP contribution in [0.1, 0.15) is 23.2 Å². The summed E-state index contributed by atoms with van der Waals surface area (Å²) in [7, 11) is 1.43. The van der Waals surface area contributed by atoms with Gasteiger partial charge < -0.3 is 9.84 Å². The van der Waals surface area contributed by atoms with Crippen LogP contribution < -0.4 is 4.74 Å². The minimum atomic E-state index is -0.469. The van der Waals surface area contributed by atoms with Crippen molar-refractivity contribution in [1.82, 2.24) is 0 Å². The Morgan fingerprint density at radius 3 is 2.87 bits per heavy atom. The van der Waals surface area contributed by atoms with Crippen molar-refractivity contribution in [3.8, 4) is 5.75 Å². The zero-order chi connectivity index (χ0) is 11.3. The first-order valence-electron chi connectivity index (χ1n) is 4.66. The van der Waals surface area contributed by atoms with Crippen molar-refractivity contribution in [3.63, 3.8) is 0 Å². The molecule has 0 bridgehead atoms. The van der Waals surface area contributed by atoms with Crippen molar-refractivity contribution in [2.75, 3.05) is 13.7 Å². The average Bonchev–Trinajstić information content (AvgIpc) is 2.25. The molecule has 0 spiro atoms. The number of ketones is 1. The van der Waals surface area contributed by atoms with Gasteiger partial charge in [-0.25, -0.2) is 4.39 Å². The second-order valence-corrected chi connectivity index (χ2v) is 3.09. The third kappa shape index (κ3) is 3.02. The SMILES string of the molecule is COc1ccc(F)cc1C(=O)CCCO. The van der Waals surface area contributed by atoms with E-state index in [0.717, 1.165) is 6.07 Å². The quantitative estimate of drug-likeness (QED) is 0.757. The van der Waals surface area contributed by atoms with E-state index in [-0.39, 0.29) is 24.4 Å². The van der Waals surface area contributed by atoms with Gasteiger partial charge in [0.1, 0.15) is 11.6 Å². The number of hydrogen-bond donors (Lipinski definition) is 1.